The molecule has 0 aliphatic carbocycles. The molecular weight excluding hydrogens is 424 g/mol. The molecule has 0 aromatic heterocycles. The van der Waals surface area contributed by atoms with E-state index in [0.29, 0.717) is 25.8 Å². The lowest BCUT2D eigenvalue weighted by Gasteiger charge is -2.31. The number of ether oxygens (including phenoxy) is 1. The van der Waals surface area contributed by atoms with E-state index in [1.165, 1.54) is 5.56 Å². The largest absolute Gasteiger partial charge is 0.497 e. The Morgan fingerprint density at radius 2 is 1.68 bits per heavy atom. The van der Waals surface area contributed by atoms with Gasteiger partial charge in [0.05, 0.1) is 7.11 Å². The summed E-state index contributed by atoms with van der Waals surface area (Å²) in [6.07, 6.45) is 2.39. The highest BCUT2D eigenvalue weighted by Crippen LogP contribution is 2.23. The van der Waals surface area contributed by atoms with Crippen molar-refractivity contribution < 1.29 is 14.3 Å². The quantitative estimate of drug-likeness (QED) is 0.466. The molecule has 34 heavy (non-hydrogen) atoms. The Bertz CT molecular complexity index is 931. The maximum atomic E-state index is 13.5. The molecular formula is C29H42N2O3. The number of nitrogens with zero attached hydrogens (tertiary/aromatic N) is 1. The Morgan fingerprint density at radius 3 is 2.24 bits per heavy atom. The minimum Gasteiger partial charge on any atom is -0.497 e. The fourth-order valence-electron chi connectivity index (χ4n) is 3.89. The number of nitrogens with one attached hydrogen (secondary N) is 1. The molecule has 2 atom stereocenters. The lowest BCUT2D eigenvalue weighted by atomic mass is 9.86. The number of carbonyl (C=O) groups is 2. The van der Waals surface area contributed by atoms with Crippen molar-refractivity contribution in [1.29, 1.82) is 0 Å². The summed E-state index contributed by atoms with van der Waals surface area (Å²) in [5, 5.41) is 3.06. The van der Waals surface area contributed by atoms with E-state index in [1.54, 1.807) is 12.0 Å². The summed E-state index contributed by atoms with van der Waals surface area (Å²) in [6.45, 7) is 12.9. The third-order valence-electron chi connectivity index (χ3n) is 6.32. The fraction of sp³-hybridized carbons (Fsp3) is 0.517. The maximum absolute atomic E-state index is 13.5. The molecule has 0 aliphatic rings. The second-order valence-electron chi connectivity index (χ2n) is 10.1. The molecule has 5 nitrogen and oxygen atoms in total. The summed E-state index contributed by atoms with van der Waals surface area (Å²) in [5.41, 5.74) is 3.44. The minimum absolute atomic E-state index is 0.0196. The van der Waals surface area contributed by atoms with Crippen molar-refractivity contribution in [2.45, 2.75) is 91.3 Å². The lowest BCUT2D eigenvalue weighted by molar-refractivity contribution is -0.141. The lowest BCUT2D eigenvalue weighted by Crippen LogP contribution is -2.50. The molecule has 0 bridgehead atoms. The number of carbonyl (C=O) groups excluding carboxylic acids is 2. The molecule has 1 N–H and O–H groups in total. The van der Waals surface area contributed by atoms with E-state index < -0.39 is 6.04 Å². The van der Waals surface area contributed by atoms with Crippen molar-refractivity contribution in [3.63, 3.8) is 0 Å². The molecule has 2 rings (SSSR count). The number of methoxy groups -OCH3 is 1. The average Bonchev–Trinajstić information content (AvgIpc) is 2.82. The average molecular weight is 467 g/mol. The Kier molecular flexibility index (Phi) is 10.2. The maximum Gasteiger partial charge on any atom is 0.243 e. The summed E-state index contributed by atoms with van der Waals surface area (Å²) < 4.78 is 5.35. The summed E-state index contributed by atoms with van der Waals surface area (Å²) in [6, 6.07) is 15.7. The Hall–Kier alpha value is -2.82. The Morgan fingerprint density at radius 1 is 1.00 bits per heavy atom. The van der Waals surface area contributed by atoms with Gasteiger partial charge in [-0.15, -0.1) is 0 Å². The van der Waals surface area contributed by atoms with E-state index in [9.17, 15) is 9.59 Å². The highest BCUT2D eigenvalue weighted by Gasteiger charge is 2.29. The third-order valence-corrected chi connectivity index (χ3v) is 6.32. The van der Waals surface area contributed by atoms with Gasteiger partial charge in [-0.2, -0.15) is 0 Å². The van der Waals surface area contributed by atoms with Gasteiger partial charge in [0.1, 0.15) is 11.8 Å². The smallest absolute Gasteiger partial charge is 0.243 e. The van der Waals surface area contributed by atoms with Crippen molar-refractivity contribution in [3.05, 3.63) is 65.2 Å². The Labute approximate surface area is 205 Å². The standard InChI is InChI=1S/C29H42N2O3/c1-8-21(3)30-28(33)26(9-2)31(20-23-11-10-12-25(19-23)34-7)27(32)18-15-22-13-16-24(17-14-22)29(4,5)6/h10-14,16-17,19,21,26H,8-9,15,18,20H2,1-7H3,(H,30,33)/t21-,26-/m1/s1. The van der Waals surface area contributed by atoms with E-state index >= 15 is 0 Å². The summed E-state index contributed by atoms with van der Waals surface area (Å²) >= 11 is 0. The second kappa shape index (κ2) is 12.6. The van der Waals surface area contributed by atoms with E-state index in [2.05, 4.69) is 50.4 Å². The normalized spacial score (nSPS) is 13.1. The molecule has 5 heteroatoms. The van der Waals surface area contributed by atoms with Crippen LogP contribution in [0, 0.1) is 0 Å². The number of rotatable bonds is 11. The van der Waals surface area contributed by atoms with Crippen LogP contribution in [0.2, 0.25) is 0 Å². The van der Waals surface area contributed by atoms with E-state index in [1.807, 2.05) is 45.0 Å². The molecule has 0 radical (unpaired) electrons. The van der Waals surface area contributed by atoms with Crippen LogP contribution in [-0.4, -0.2) is 35.9 Å². The van der Waals surface area contributed by atoms with Gasteiger partial charge in [-0.05, 0) is 60.4 Å². The second-order valence-corrected chi connectivity index (χ2v) is 10.1. The van der Waals surface area contributed by atoms with Crippen molar-refractivity contribution >= 4 is 11.8 Å². The zero-order chi connectivity index (χ0) is 25.3. The van der Waals surface area contributed by atoms with Crippen LogP contribution < -0.4 is 10.1 Å². The number of aryl methyl sites for hydroxylation is 1. The van der Waals surface area contributed by atoms with Crippen molar-refractivity contribution in [2.75, 3.05) is 7.11 Å². The molecule has 0 spiro atoms. The van der Waals surface area contributed by atoms with Crippen LogP contribution in [-0.2, 0) is 28.0 Å². The van der Waals surface area contributed by atoms with Gasteiger partial charge in [-0.3, -0.25) is 9.59 Å². The van der Waals surface area contributed by atoms with Gasteiger partial charge in [-0.1, -0.05) is 71.0 Å². The molecule has 2 aromatic rings. The molecule has 0 unspecified atom stereocenters. The number of hydrogen-bond donors (Lipinski definition) is 1. The number of hydrogen-bond acceptors (Lipinski definition) is 3. The molecule has 0 heterocycles. The van der Waals surface area contributed by atoms with Crippen LogP contribution in [0.1, 0.15) is 77.5 Å². The first-order valence-electron chi connectivity index (χ1n) is 12.4. The predicted octanol–water partition coefficient (Wildman–Crippen LogP) is 5.65. The number of benzene rings is 2. The molecule has 0 fully saturated rings. The van der Waals surface area contributed by atoms with E-state index in [-0.39, 0.29) is 23.3 Å². The first-order chi connectivity index (χ1) is 16.1. The van der Waals surface area contributed by atoms with Crippen LogP contribution in [0.3, 0.4) is 0 Å². The molecule has 0 saturated heterocycles. The van der Waals surface area contributed by atoms with Crippen molar-refractivity contribution in [1.82, 2.24) is 10.2 Å². The molecule has 0 saturated carbocycles. The first kappa shape index (κ1) is 27.4. The highest BCUT2D eigenvalue weighted by molar-refractivity contribution is 5.88. The third kappa shape index (κ3) is 7.89. The van der Waals surface area contributed by atoms with Crippen LogP contribution in [0.15, 0.2) is 48.5 Å². The van der Waals surface area contributed by atoms with Crippen molar-refractivity contribution in [2.24, 2.45) is 0 Å². The van der Waals surface area contributed by atoms with Crippen LogP contribution in [0.5, 0.6) is 5.75 Å². The minimum atomic E-state index is -0.518. The van der Waals surface area contributed by atoms with Gasteiger partial charge < -0.3 is 15.0 Å². The summed E-state index contributed by atoms with van der Waals surface area (Å²) in [4.78, 5) is 28.3. The molecule has 2 aromatic carbocycles. The molecule has 2 amide bonds. The van der Waals surface area contributed by atoms with E-state index in [0.717, 1.165) is 23.3 Å². The summed E-state index contributed by atoms with van der Waals surface area (Å²) in [5.74, 6) is 0.623. The summed E-state index contributed by atoms with van der Waals surface area (Å²) in [7, 11) is 1.63. The molecule has 0 aliphatic heterocycles. The van der Waals surface area contributed by atoms with Crippen LogP contribution >= 0.6 is 0 Å². The predicted molar refractivity (Wildman–Crippen MR) is 139 cm³/mol. The van der Waals surface area contributed by atoms with Crippen molar-refractivity contribution in [3.8, 4) is 5.75 Å². The van der Waals surface area contributed by atoms with Gasteiger partial charge in [0.25, 0.3) is 0 Å². The van der Waals surface area contributed by atoms with Gasteiger partial charge in [0, 0.05) is 19.0 Å². The number of amides is 2. The fourth-order valence-corrected chi connectivity index (χ4v) is 3.89. The van der Waals surface area contributed by atoms with Gasteiger partial charge in [-0.25, -0.2) is 0 Å². The molecule has 186 valence electrons. The first-order valence-corrected chi connectivity index (χ1v) is 12.4. The van der Waals surface area contributed by atoms with Gasteiger partial charge >= 0.3 is 0 Å². The zero-order valence-electron chi connectivity index (χ0n) is 22.0. The van der Waals surface area contributed by atoms with Crippen LogP contribution in [0.4, 0.5) is 0 Å². The van der Waals surface area contributed by atoms with Gasteiger partial charge in [0.2, 0.25) is 11.8 Å². The topological polar surface area (TPSA) is 58.6 Å². The zero-order valence-corrected chi connectivity index (χ0v) is 22.0. The highest BCUT2D eigenvalue weighted by atomic mass is 16.5. The monoisotopic (exact) mass is 466 g/mol. The SMILES string of the molecule is CC[C@@H](C)NC(=O)[C@@H](CC)N(Cc1cccc(OC)c1)C(=O)CCc1ccc(C(C)(C)C)cc1. The van der Waals surface area contributed by atoms with E-state index in [4.69, 9.17) is 4.74 Å². The van der Waals surface area contributed by atoms with Crippen LogP contribution in [0.25, 0.3) is 0 Å². The van der Waals surface area contributed by atoms with Gasteiger partial charge in [0.15, 0.2) is 0 Å². The Balaban J connectivity index is 2.22.